The van der Waals surface area contributed by atoms with E-state index in [1.54, 1.807) is 18.2 Å². The van der Waals surface area contributed by atoms with Crippen molar-refractivity contribution in [1.29, 1.82) is 5.26 Å². The van der Waals surface area contributed by atoms with Gasteiger partial charge in [0, 0.05) is 10.6 Å². The van der Waals surface area contributed by atoms with Crippen molar-refractivity contribution in [3.8, 4) is 11.8 Å². The fraction of sp³-hybridized carbons (Fsp3) is 0. The molecule has 0 unspecified atom stereocenters. The molecule has 5 heteroatoms. The van der Waals surface area contributed by atoms with Crippen LogP contribution in [-0.4, -0.2) is 11.0 Å². The van der Waals surface area contributed by atoms with Gasteiger partial charge in [-0.05, 0) is 36.4 Å². The van der Waals surface area contributed by atoms with Gasteiger partial charge in [0.05, 0.1) is 11.3 Å². The predicted octanol–water partition coefficient (Wildman–Crippen LogP) is 3.17. The van der Waals surface area contributed by atoms with Crippen LogP contribution in [0.3, 0.4) is 0 Å². The number of carbonyl (C=O) groups is 1. The summed E-state index contributed by atoms with van der Waals surface area (Å²) in [5.74, 6) is -0.422. The number of nitrogens with one attached hydrogen (secondary N) is 1. The smallest absolute Gasteiger partial charge is 0.255 e. The zero-order valence-electron chi connectivity index (χ0n) is 9.72. The zero-order chi connectivity index (χ0) is 13.8. The molecule has 0 aliphatic carbocycles. The van der Waals surface area contributed by atoms with Crippen LogP contribution in [0, 0.1) is 11.3 Å². The normalized spacial score (nSPS) is 9.68. The van der Waals surface area contributed by atoms with E-state index in [0.717, 1.165) is 0 Å². The van der Waals surface area contributed by atoms with Crippen LogP contribution in [0.4, 0.5) is 5.69 Å². The maximum absolute atomic E-state index is 12.0. The fourth-order valence-electron chi connectivity index (χ4n) is 1.56. The summed E-state index contributed by atoms with van der Waals surface area (Å²) in [6.07, 6.45) is 0. The van der Waals surface area contributed by atoms with Crippen molar-refractivity contribution < 1.29 is 9.90 Å². The molecule has 0 bridgehead atoms. The number of benzene rings is 2. The van der Waals surface area contributed by atoms with Crippen LogP contribution < -0.4 is 5.32 Å². The molecular formula is C14H9ClN2O2. The average Bonchev–Trinajstić information content (AvgIpc) is 2.39. The SMILES string of the molecule is N#Cc1ccc(Cl)cc1NC(=O)c1cccc(O)c1. The number of nitrogens with zero attached hydrogens (tertiary/aromatic N) is 1. The molecule has 0 fully saturated rings. The van der Waals surface area contributed by atoms with Gasteiger partial charge in [-0.1, -0.05) is 17.7 Å². The third-order valence-electron chi connectivity index (χ3n) is 2.46. The maximum atomic E-state index is 12.0. The van der Waals surface area contributed by atoms with E-state index in [-0.39, 0.29) is 5.75 Å². The zero-order valence-corrected chi connectivity index (χ0v) is 10.5. The Morgan fingerprint density at radius 1 is 1.26 bits per heavy atom. The van der Waals surface area contributed by atoms with E-state index in [2.05, 4.69) is 5.32 Å². The van der Waals surface area contributed by atoms with Gasteiger partial charge >= 0.3 is 0 Å². The fourth-order valence-corrected chi connectivity index (χ4v) is 1.73. The largest absolute Gasteiger partial charge is 0.508 e. The van der Waals surface area contributed by atoms with Gasteiger partial charge in [-0.3, -0.25) is 4.79 Å². The van der Waals surface area contributed by atoms with Crippen molar-refractivity contribution in [1.82, 2.24) is 0 Å². The number of carbonyl (C=O) groups excluding carboxylic acids is 1. The van der Waals surface area contributed by atoms with Gasteiger partial charge in [-0.15, -0.1) is 0 Å². The van der Waals surface area contributed by atoms with Crippen LogP contribution in [0.25, 0.3) is 0 Å². The quantitative estimate of drug-likeness (QED) is 0.882. The lowest BCUT2D eigenvalue weighted by molar-refractivity contribution is 0.102. The number of anilines is 1. The second kappa shape index (κ2) is 5.42. The summed E-state index contributed by atoms with van der Waals surface area (Å²) in [4.78, 5) is 12.0. The third-order valence-corrected chi connectivity index (χ3v) is 2.69. The lowest BCUT2D eigenvalue weighted by Crippen LogP contribution is -2.12. The first-order valence-corrected chi connectivity index (χ1v) is 5.78. The second-order valence-electron chi connectivity index (χ2n) is 3.81. The van der Waals surface area contributed by atoms with Crippen molar-refractivity contribution in [3.05, 3.63) is 58.6 Å². The highest BCUT2D eigenvalue weighted by molar-refractivity contribution is 6.31. The summed E-state index contributed by atoms with van der Waals surface area (Å²) < 4.78 is 0. The Morgan fingerprint density at radius 3 is 2.74 bits per heavy atom. The van der Waals surface area contributed by atoms with E-state index in [9.17, 15) is 9.90 Å². The minimum atomic E-state index is -0.422. The molecule has 0 aromatic heterocycles. The van der Waals surface area contributed by atoms with Crippen LogP contribution >= 0.6 is 11.6 Å². The van der Waals surface area contributed by atoms with Gasteiger partial charge in [0.2, 0.25) is 0 Å². The lowest BCUT2D eigenvalue weighted by Gasteiger charge is -2.07. The van der Waals surface area contributed by atoms with Crippen LogP contribution in [0.2, 0.25) is 5.02 Å². The van der Waals surface area contributed by atoms with Crippen molar-refractivity contribution >= 4 is 23.2 Å². The third kappa shape index (κ3) is 3.03. The van der Waals surface area contributed by atoms with E-state index in [0.29, 0.717) is 21.8 Å². The minimum Gasteiger partial charge on any atom is -0.508 e. The van der Waals surface area contributed by atoms with Gasteiger partial charge in [0.25, 0.3) is 5.91 Å². The molecule has 2 aromatic rings. The molecule has 0 atom stereocenters. The number of aromatic hydroxyl groups is 1. The highest BCUT2D eigenvalue weighted by Gasteiger charge is 2.10. The van der Waals surface area contributed by atoms with E-state index in [1.807, 2.05) is 6.07 Å². The maximum Gasteiger partial charge on any atom is 0.255 e. The van der Waals surface area contributed by atoms with Gasteiger partial charge in [-0.2, -0.15) is 5.26 Å². The lowest BCUT2D eigenvalue weighted by atomic mass is 10.1. The van der Waals surface area contributed by atoms with Crippen molar-refractivity contribution in [2.45, 2.75) is 0 Å². The topological polar surface area (TPSA) is 73.1 Å². The standard InChI is InChI=1S/C14H9ClN2O2/c15-11-5-4-10(8-16)13(7-11)17-14(19)9-2-1-3-12(18)6-9/h1-7,18H,(H,17,19). The molecule has 2 rings (SSSR count). The molecule has 0 spiro atoms. The first kappa shape index (κ1) is 12.9. The Morgan fingerprint density at radius 2 is 2.05 bits per heavy atom. The molecular weight excluding hydrogens is 264 g/mol. The molecule has 0 heterocycles. The van der Waals surface area contributed by atoms with Crippen molar-refractivity contribution in [2.75, 3.05) is 5.32 Å². The van der Waals surface area contributed by atoms with Crippen LogP contribution in [0.1, 0.15) is 15.9 Å². The minimum absolute atomic E-state index is 0.000694. The number of rotatable bonds is 2. The Balaban J connectivity index is 2.29. The number of halogens is 1. The van der Waals surface area contributed by atoms with E-state index < -0.39 is 5.91 Å². The number of amides is 1. The summed E-state index contributed by atoms with van der Waals surface area (Å²) in [6, 6.07) is 12.5. The molecule has 0 saturated carbocycles. The highest BCUT2D eigenvalue weighted by Crippen LogP contribution is 2.21. The molecule has 0 radical (unpaired) electrons. The number of hydrogen-bond donors (Lipinski definition) is 2. The van der Waals surface area contributed by atoms with E-state index in [4.69, 9.17) is 16.9 Å². The summed E-state index contributed by atoms with van der Waals surface area (Å²) in [7, 11) is 0. The molecule has 1 amide bonds. The summed E-state index contributed by atoms with van der Waals surface area (Å²) in [5, 5.41) is 21.3. The van der Waals surface area contributed by atoms with Gasteiger partial charge in [-0.25, -0.2) is 0 Å². The van der Waals surface area contributed by atoms with Crippen LogP contribution in [-0.2, 0) is 0 Å². The Kier molecular flexibility index (Phi) is 3.69. The summed E-state index contributed by atoms with van der Waals surface area (Å²) in [6.45, 7) is 0. The van der Waals surface area contributed by atoms with Crippen molar-refractivity contribution in [2.24, 2.45) is 0 Å². The molecule has 4 nitrogen and oxygen atoms in total. The van der Waals surface area contributed by atoms with Gasteiger partial charge < -0.3 is 10.4 Å². The second-order valence-corrected chi connectivity index (χ2v) is 4.24. The first-order chi connectivity index (χ1) is 9.10. The monoisotopic (exact) mass is 272 g/mol. The number of phenolic OH excluding ortho intramolecular Hbond substituents is 1. The molecule has 0 aliphatic heterocycles. The molecule has 94 valence electrons. The van der Waals surface area contributed by atoms with E-state index in [1.165, 1.54) is 24.3 Å². The number of hydrogen-bond acceptors (Lipinski definition) is 3. The molecule has 19 heavy (non-hydrogen) atoms. The summed E-state index contributed by atoms with van der Waals surface area (Å²) in [5.41, 5.74) is 0.949. The van der Waals surface area contributed by atoms with Crippen LogP contribution in [0.15, 0.2) is 42.5 Å². The molecule has 0 saturated heterocycles. The predicted molar refractivity (Wildman–Crippen MR) is 72.2 cm³/mol. The van der Waals surface area contributed by atoms with Gasteiger partial charge in [0.15, 0.2) is 0 Å². The van der Waals surface area contributed by atoms with Gasteiger partial charge in [0.1, 0.15) is 11.8 Å². The van der Waals surface area contributed by atoms with Crippen molar-refractivity contribution in [3.63, 3.8) is 0 Å². The number of phenols is 1. The Labute approximate surface area is 114 Å². The number of nitriles is 1. The van der Waals surface area contributed by atoms with E-state index >= 15 is 0 Å². The average molecular weight is 273 g/mol. The molecule has 0 aliphatic rings. The summed E-state index contributed by atoms with van der Waals surface area (Å²) >= 11 is 5.83. The molecule has 2 aromatic carbocycles. The van der Waals surface area contributed by atoms with Crippen LogP contribution in [0.5, 0.6) is 5.75 Å². The highest BCUT2D eigenvalue weighted by atomic mass is 35.5. The Hall–Kier alpha value is -2.51. The molecule has 2 N–H and O–H groups in total. The Bertz CT molecular complexity index is 677. The first-order valence-electron chi connectivity index (χ1n) is 5.40.